The molecule has 1 aliphatic rings. The van der Waals surface area contributed by atoms with Crippen molar-refractivity contribution >= 4 is 0 Å². The molecule has 1 aromatic carbocycles. The maximum Gasteiger partial charge on any atom is 0.165 e. The summed E-state index contributed by atoms with van der Waals surface area (Å²) >= 11 is 0. The first-order valence-electron chi connectivity index (χ1n) is 4.14. The zero-order chi connectivity index (χ0) is 8.55. The molecule has 1 aliphatic carbocycles. The van der Waals surface area contributed by atoms with Crippen LogP contribution >= 0.6 is 0 Å². The van der Waals surface area contributed by atoms with Gasteiger partial charge < -0.3 is 4.74 Å². The van der Waals surface area contributed by atoms with Gasteiger partial charge in [-0.25, -0.2) is 4.39 Å². The molecule has 0 N–H and O–H groups in total. The molecule has 0 aromatic heterocycles. The van der Waals surface area contributed by atoms with Gasteiger partial charge >= 0.3 is 0 Å². The molecule has 0 unspecified atom stereocenters. The largest absolute Gasteiger partial charge is 0.494 e. The molecule has 1 aromatic rings. The molecule has 0 amide bonds. The van der Waals surface area contributed by atoms with Gasteiger partial charge in [-0.2, -0.15) is 0 Å². The molecule has 2 rings (SSSR count). The monoisotopic (exact) mass is 166 g/mol. The van der Waals surface area contributed by atoms with E-state index in [0.29, 0.717) is 11.7 Å². The molecule has 1 fully saturated rings. The van der Waals surface area contributed by atoms with E-state index in [1.54, 1.807) is 6.07 Å². The van der Waals surface area contributed by atoms with Gasteiger partial charge in [0.2, 0.25) is 0 Å². The summed E-state index contributed by atoms with van der Waals surface area (Å²) < 4.78 is 17.8. The van der Waals surface area contributed by atoms with Crippen LogP contribution in [-0.4, -0.2) is 7.11 Å². The van der Waals surface area contributed by atoms with E-state index in [1.807, 2.05) is 6.07 Å². The van der Waals surface area contributed by atoms with Gasteiger partial charge in [-0.05, 0) is 36.5 Å². The van der Waals surface area contributed by atoms with Crippen LogP contribution in [0.2, 0.25) is 0 Å². The smallest absolute Gasteiger partial charge is 0.165 e. The molecule has 0 atom stereocenters. The van der Waals surface area contributed by atoms with Crippen LogP contribution in [0.1, 0.15) is 24.3 Å². The summed E-state index contributed by atoms with van der Waals surface area (Å²) in [5.41, 5.74) is 1.20. The summed E-state index contributed by atoms with van der Waals surface area (Å²) in [6.45, 7) is 0. The van der Waals surface area contributed by atoms with E-state index in [0.717, 1.165) is 0 Å². The first kappa shape index (κ1) is 7.59. The predicted molar refractivity (Wildman–Crippen MR) is 44.9 cm³/mol. The first-order valence-corrected chi connectivity index (χ1v) is 4.14. The Morgan fingerprint density at radius 1 is 1.42 bits per heavy atom. The van der Waals surface area contributed by atoms with Crippen molar-refractivity contribution in [1.29, 1.82) is 0 Å². The number of ether oxygens (including phenoxy) is 1. The summed E-state index contributed by atoms with van der Waals surface area (Å²) in [6.07, 6.45) is 2.46. The third-order valence-electron chi connectivity index (χ3n) is 2.22. The minimum Gasteiger partial charge on any atom is -0.494 e. The molecular weight excluding hydrogens is 155 g/mol. The Morgan fingerprint density at radius 3 is 2.75 bits per heavy atom. The lowest BCUT2D eigenvalue weighted by Crippen LogP contribution is -1.89. The van der Waals surface area contributed by atoms with Crippen molar-refractivity contribution in [2.24, 2.45) is 0 Å². The summed E-state index contributed by atoms with van der Waals surface area (Å²) in [7, 11) is 1.50. The summed E-state index contributed by atoms with van der Waals surface area (Å²) in [4.78, 5) is 0. The standard InChI is InChI=1S/C10H11FO/c1-12-10-6-8(7-2-3-7)4-5-9(10)11/h4-7H,2-3H2,1H3. The van der Waals surface area contributed by atoms with Crippen LogP contribution in [0.5, 0.6) is 5.75 Å². The summed E-state index contributed by atoms with van der Waals surface area (Å²) in [6, 6.07) is 5.12. The maximum atomic E-state index is 12.9. The molecule has 12 heavy (non-hydrogen) atoms. The molecule has 2 heteroatoms. The van der Waals surface area contributed by atoms with Crippen LogP contribution in [-0.2, 0) is 0 Å². The molecule has 0 aliphatic heterocycles. The van der Waals surface area contributed by atoms with E-state index in [-0.39, 0.29) is 5.82 Å². The van der Waals surface area contributed by atoms with Crippen LogP contribution in [0.25, 0.3) is 0 Å². The van der Waals surface area contributed by atoms with Crippen molar-refractivity contribution in [2.75, 3.05) is 7.11 Å². The number of rotatable bonds is 2. The Morgan fingerprint density at radius 2 is 2.17 bits per heavy atom. The predicted octanol–water partition coefficient (Wildman–Crippen LogP) is 2.71. The average molecular weight is 166 g/mol. The van der Waals surface area contributed by atoms with Crippen LogP contribution in [0.3, 0.4) is 0 Å². The van der Waals surface area contributed by atoms with E-state index in [1.165, 1.54) is 31.6 Å². The molecule has 0 heterocycles. The van der Waals surface area contributed by atoms with Crippen molar-refractivity contribution in [3.8, 4) is 5.75 Å². The molecular formula is C10H11FO. The second-order valence-corrected chi connectivity index (χ2v) is 3.17. The Labute approximate surface area is 71.2 Å². The third-order valence-corrected chi connectivity index (χ3v) is 2.22. The van der Waals surface area contributed by atoms with Crippen molar-refractivity contribution < 1.29 is 9.13 Å². The van der Waals surface area contributed by atoms with Gasteiger partial charge in [-0.1, -0.05) is 6.07 Å². The van der Waals surface area contributed by atoms with E-state index in [9.17, 15) is 4.39 Å². The number of hydrogen-bond donors (Lipinski definition) is 0. The van der Waals surface area contributed by atoms with Crippen LogP contribution in [0, 0.1) is 5.82 Å². The normalized spacial score (nSPS) is 16.2. The molecule has 64 valence electrons. The SMILES string of the molecule is COc1cc(C2CC2)ccc1F. The minimum absolute atomic E-state index is 0.276. The highest BCUT2D eigenvalue weighted by atomic mass is 19.1. The second kappa shape index (κ2) is 2.77. The fourth-order valence-corrected chi connectivity index (χ4v) is 1.35. The summed E-state index contributed by atoms with van der Waals surface area (Å²) in [5, 5.41) is 0. The highest BCUT2D eigenvalue weighted by molar-refractivity contribution is 5.34. The van der Waals surface area contributed by atoms with Crippen molar-refractivity contribution in [1.82, 2.24) is 0 Å². The van der Waals surface area contributed by atoms with Crippen LogP contribution in [0.4, 0.5) is 4.39 Å². The van der Waals surface area contributed by atoms with Crippen molar-refractivity contribution in [3.05, 3.63) is 29.6 Å². The van der Waals surface area contributed by atoms with E-state index in [2.05, 4.69) is 0 Å². The average Bonchev–Trinajstić information content (AvgIpc) is 2.88. The van der Waals surface area contributed by atoms with E-state index < -0.39 is 0 Å². The van der Waals surface area contributed by atoms with Gasteiger partial charge in [-0.15, -0.1) is 0 Å². The van der Waals surface area contributed by atoms with Crippen LogP contribution in [0.15, 0.2) is 18.2 Å². The van der Waals surface area contributed by atoms with Crippen LogP contribution < -0.4 is 4.74 Å². The molecule has 1 saturated carbocycles. The molecule has 0 spiro atoms. The fourth-order valence-electron chi connectivity index (χ4n) is 1.35. The van der Waals surface area contributed by atoms with Gasteiger partial charge in [0.15, 0.2) is 11.6 Å². The van der Waals surface area contributed by atoms with Gasteiger partial charge in [0.05, 0.1) is 7.11 Å². The maximum absolute atomic E-state index is 12.9. The third kappa shape index (κ3) is 1.29. The van der Waals surface area contributed by atoms with Crippen molar-refractivity contribution in [2.45, 2.75) is 18.8 Å². The Hall–Kier alpha value is -1.05. The van der Waals surface area contributed by atoms with Crippen molar-refractivity contribution in [3.63, 3.8) is 0 Å². The summed E-state index contributed by atoms with van der Waals surface area (Å²) in [5.74, 6) is 0.737. The lowest BCUT2D eigenvalue weighted by atomic mass is 10.1. The molecule has 0 bridgehead atoms. The van der Waals surface area contributed by atoms with Gasteiger partial charge in [0.1, 0.15) is 0 Å². The Balaban J connectivity index is 2.33. The first-order chi connectivity index (χ1) is 5.81. The Kier molecular flexibility index (Phi) is 1.75. The zero-order valence-electron chi connectivity index (χ0n) is 7.01. The lowest BCUT2D eigenvalue weighted by molar-refractivity contribution is 0.386. The number of hydrogen-bond acceptors (Lipinski definition) is 1. The highest BCUT2D eigenvalue weighted by Crippen LogP contribution is 2.41. The molecule has 0 saturated heterocycles. The quantitative estimate of drug-likeness (QED) is 0.656. The van der Waals surface area contributed by atoms with E-state index >= 15 is 0 Å². The fraction of sp³-hybridized carbons (Fsp3) is 0.400. The van der Waals surface area contributed by atoms with E-state index in [4.69, 9.17) is 4.74 Å². The lowest BCUT2D eigenvalue weighted by Gasteiger charge is -2.03. The van der Waals surface area contributed by atoms with Gasteiger partial charge in [0, 0.05) is 0 Å². The minimum atomic E-state index is -0.276. The molecule has 0 radical (unpaired) electrons. The number of halogens is 1. The molecule has 1 nitrogen and oxygen atoms in total. The van der Waals surface area contributed by atoms with Gasteiger partial charge in [-0.3, -0.25) is 0 Å². The number of methoxy groups -OCH3 is 1. The highest BCUT2D eigenvalue weighted by Gasteiger charge is 2.24. The second-order valence-electron chi connectivity index (χ2n) is 3.17. The number of benzene rings is 1. The zero-order valence-corrected chi connectivity index (χ0v) is 7.01. The van der Waals surface area contributed by atoms with Gasteiger partial charge in [0.25, 0.3) is 0 Å². The Bertz CT molecular complexity index is 292. The topological polar surface area (TPSA) is 9.23 Å².